The standard InChI is InChI=1S/C11H14Br2O2/c12-10-1-6-2-11(13,5-10)4-7(3-10)8(6)9(14)15/h6-8H,1-5H2,(H,14,15)/t6-,7+,8?,10?,11?. The van der Waals surface area contributed by atoms with Crippen LogP contribution in [0.2, 0.25) is 0 Å². The molecule has 4 fully saturated rings. The van der Waals surface area contributed by atoms with Crippen LogP contribution in [0.15, 0.2) is 0 Å². The predicted molar refractivity (Wildman–Crippen MR) is 64.5 cm³/mol. The van der Waals surface area contributed by atoms with Gasteiger partial charge in [-0.05, 0) is 43.9 Å². The van der Waals surface area contributed by atoms with E-state index >= 15 is 0 Å². The first kappa shape index (κ1) is 10.6. The monoisotopic (exact) mass is 336 g/mol. The van der Waals surface area contributed by atoms with Crippen molar-refractivity contribution in [3.63, 3.8) is 0 Å². The Hall–Kier alpha value is 0.430. The number of halogens is 2. The molecule has 0 amide bonds. The molecule has 0 aromatic rings. The van der Waals surface area contributed by atoms with E-state index in [2.05, 4.69) is 31.9 Å². The summed E-state index contributed by atoms with van der Waals surface area (Å²) in [5, 5.41) is 9.28. The molecule has 0 aromatic heterocycles. The van der Waals surface area contributed by atoms with E-state index in [0.29, 0.717) is 11.8 Å². The maximum Gasteiger partial charge on any atom is 0.307 e. The number of rotatable bonds is 1. The molecule has 4 heteroatoms. The SMILES string of the molecule is O=C(O)C1[C@H]2CC3(Br)CC(Br)(C[C@H]1C3)C2. The maximum absolute atomic E-state index is 11.3. The van der Waals surface area contributed by atoms with E-state index in [1.165, 1.54) is 6.42 Å². The van der Waals surface area contributed by atoms with Gasteiger partial charge in [0.25, 0.3) is 0 Å². The Kier molecular flexibility index (Phi) is 2.12. The summed E-state index contributed by atoms with van der Waals surface area (Å²) < 4.78 is 0.461. The Morgan fingerprint density at radius 1 is 1.07 bits per heavy atom. The summed E-state index contributed by atoms with van der Waals surface area (Å²) in [6, 6.07) is 0. The first-order valence-electron chi connectivity index (χ1n) is 5.52. The van der Waals surface area contributed by atoms with Gasteiger partial charge in [0, 0.05) is 8.65 Å². The van der Waals surface area contributed by atoms with Gasteiger partial charge in [0.2, 0.25) is 0 Å². The second kappa shape index (κ2) is 3.00. The molecule has 4 aliphatic carbocycles. The zero-order valence-corrected chi connectivity index (χ0v) is 11.6. The fourth-order valence-corrected chi connectivity index (χ4v) is 7.46. The maximum atomic E-state index is 11.3. The summed E-state index contributed by atoms with van der Waals surface area (Å²) in [5.41, 5.74) is 0. The molecule has 2 nitrogen and oxygen atoms in total. The van der Waals surface area contributed by atoms with E-state index in [4.69, 9.17) is 0 Å². The molecule has 0 unspecified atom stereocenters. The minimum absolute atomic E-state index is 0.0818. The number of carbonyl (C=O) groups is 1. The molecule has 4 bridgehead atoms. The fourth-order valence-electron chi connectivity index (χ4n) is 4.34. The van der Waals surface area contributed by atoms with Gasteiger partial charge < -0.3 is 5.11 Å². The van der Waals surface area contributed by atoms with Crippen molar-refractivity contribution in [1.29, 1.82) is 0 Å². The highest BCUT2D eigenvalue weighted by atomic mass is 79.9. The Morgan fingerprint density at radius 2 is 1.47 bits per heavy atom. The second-order valence-electron chi connectivity index (χ2n) is 5.68. The smallest absolute Gasteiger partial charge is 0.307 e. The van der Waals surface area contributed by atoms with Gasteiger partial charge in [-0.25, -0.2) is 0 Å². The molecule has 4 rings (SSSR count). The molecule has 1 N–H and O–H groups in total. The summed E-state index contributed by atoms with van der Waals surface area (Å²) in [6.07, 6.45) is 5.36. The molecule has 0 heterocycles. The number of carboxylic acids is 1. The molecule has 0 atom stereocenters. The first-order chi connectivity index (χ1) is 6.91. The van der Waals surface area contributed by atoms with Crippen LogP contribution >= 0.6 is 31.9 Å². The lowest BCUT2D eigenvalue weighted by molar-refractivity contribution is -0.152. The van der Waals surface area contributed by atoms with Gasteiger partial charge in [-0.1, -0.05) is 31.9 Å². The molecular weight excluding hydrogens is 324 g/mol. The van der Waals surface area contributed by atoms with E-state index in [0.717, 1.165) is 25.7 Å². The van der Waals surface area contributed by atoms with Crippen LogP contribution in [0.1, 0.15) is 32.1 Å². The minimum Gasteiger partial charge on any atom is -0.481 e. The molecule has 0 radical (unpaired) electrons. The number of hydrogen-bond donors (Lipinski definition) is 1. The summed E-state index contributed by atoms with van der Waals surface area (Å²) in [4.78, 5) is 11.3. The van der Waals surface area contributed by atoms with E-state index in [9.17, 15) is 9.90 Å². The third-order valence-corrected chi connectivity index (χ3v) is 6.30. The van der Waals surface area contributed by atoms with Crippen LogP contribution in [0.25, 0.3) is 0 Å². The number of alkyl halides is 2. The van der Waals surface area contributed by atoms with Crippen LogP contribution in [0.5, 0.6) is 0 Å². The van der Waals surface area contributed by atoms with Crippen molar-refractivity contribution in [2.45, 2.75) is 40.8 Å². The van der Waals surface area contributed by atoms with Gasteiger partial charge in [-0.15, -0.1) is 0 Å². The highest BCUT2D eigenvalue weighted by Crippen LogP contribution is 2.65. The molecule has 15 heavy (non-hydrogen) atoms. The second-order valence-corrected chi connectivity index (χ2v) is 9.04. The number of carboxylic acid groups (broad SMARTS) is 1. The molecule has 0 saturated heterocycles. The topological polar surface area (TPSA) is 37.3 Å². The van der Waals surface area contributed by atoms with Crippen LogP contribution < -0.4 is 0 Å². The van der Waals surface area contributed by atoms with Gasteiger partial charge in [-0.3, -0.25) is 4.79 Å². The lowest BCUT2D eigenvalue weighted by Gasteiger charge is -2.60. The van der Waals surface area contributed by atoms with Crippen molar-refractivity contribution in [3.05, 3.63) is 0 Å². The summed E-state index contributed by atoms with van der Waals surface area (Å²) in [7, 11) is 0. The van der Waals surface area contributed by atoms with Gasteiger partial charge >= 0.3 is 5.97 Å². The normalized spacial score (nSPS) is 57.1. The Bertz CT molecular complexity index is 293. The summed E-state index contributed by atoms with van der Waals surface area (Å²) in [6.45, 7) is 0. The Labute approximate surface area is 106 Å². The van der Waals surface area contributed by atoms with Crippen molar-refractivity contribution < 1.29 is 9.90 Å². The molecule has 4 aliphatic rings. The van der Waals surface area contributed by atoms with Crippen LogP contribution in [-0.2, 0) is 4.79 Å². The molecule has 0 aromatic carbocycles. The largest absolute Gasteiger partial charge is 0.481 e. The van der Waals surface area contributed by atoms with Crippen LogP contribution in [0, 0.1) is 17.8 Å². The van der Waals surface area contributed by atoms with Gasteiger partial charge in [-0.2, -0.15) is 0 Å². The molecular formula is C11H14Br2O2. The number of hydrogen-bond acceptors (Lipinski definition) is 1. The summed E-state index contributed by atoms with van der Waals surface area (Å²) in [5.74, 6) is 0.0997. The third kappa shape index (κ3) is 1.51. The van der Waals surface area contributed by atoms with Crippen molar-refractivity contribution in [2.75, 3.05) is 0 Å². The Morgan fingerprint density at radius 3 is 1.80 bits per heavy atom. The highest BCUT2D eigenvalue weighted by Gasteiger charge is 2.61. The molecule has 0 aliphatic heterocycles. The summed E-state index contributed by atoms with van der Waals surface area (Å²) >= 11 is 7.69. The first-order valence-corrected chi connectivity index (χ1v) is 7.10. The minimum atomic E-state index is -0.573. The van der Waals surface area contributed by atoms with E-state index in [1.54, 1.807) is 0 Å². The van der Waals surface area contributed by atoms with Gasteiger partial charge in [0.05, 0.1) is 5.92 Å². The average molecular weight is 338 g/mol. The van der Waals surface area contributed by atoms with E-state index in [-0.39, 0.29) is 14.6 Å². The van der Waals surface area contributed by atoms with E-state index < -0.39 is 5.97 Å². The molecule has 0 spiro atoms. The number of aliphatic carboxylic acids is 1. The molecule has 4 saturated carbocycles. The van der Waals surface area contributed by atoms with Crippen molar-refractivity contribution in [1.82, 2.24) is 0 Å². The quantitative estimate of drug-likeness (QED) is 0.746. The van der Waals surface area contributed by atoms with Gasteiger partial charge in [0.15, 0.2) is 0 Å². The predicted octanol–water partition coefficient (Wildman–Crippen LogP) is 3.18. The Balaban J connectivity index is 1.97. The van der Waals surface area contributed by atoms with Crippen LogP contribution in [0.4, 0.5) is 0 Å². The van der Waals surface area contributed by atoms with Crippen LogP contribution in [-0.4, -0.2) is 19.7 Å². The fraction of sp³-hybridized carbons (Fsp3) is 0.909. The average Bonchev–Trinajstić information content (AvgIpc) is 1.94. The van der Waals surface area contributed by atoms with Crippen molar-refractivity contribution in [2.24, 2.45) is 17.8 Å². The zero-order valence-electron chi connectivity index (χ0n) is 8.38. The van der Waals surface area contributed by atoms with Gasteiger partial charge in [0.1, 0.15) is 0 Å². The van der Waals surface area contributed by atoms with Crippen molar-refractivity contribution >= 4 is 37.8 Å². The van der Waals surface area contributed by atoms with Crippen LogP contribution in [0.3, 0.4) is 0 Å². The zero-order chi connectivity index (χ0) is 10.8. The molecule has 84 valence electrons. The highest BCUT2D eigenvalue weighted by molar-refractivity contribution is 9.10. The lowest BCUT2D eigenvalue weighted by Crippen LogP contribution is -2.59. The van der Waals surface area contributed by atoms with E-state index in [1.807, 2.05) is 0 Å². The lowest BCUT2D eigenvalue weighted by atomic mass is 9.51. The third-order valence-electron chi connectivity index (χ3n) is 4.45. The van der Waals surface area contributed by atoms with Crippen molar-refractivity contribution in [3.8, 4) is 0 Å².